The second kappa shape index (κ2) is 18.1. The van der Waals surface area contributed by atoms with E-state index < -0.39 is 5.97 Å². The van der Waals surface area contributed by atoms with Gasteiger partial charge >= 0.3 is 0 Å². The van der Waals surface area contributed by atoms with Gasteiger partial charge in [-0.3, -0.25) is 0 Å². The van der Waals surface area contributed by atoms with Crippen LogP contribution >= 0.6 is 0 Å². The number of quaternary nitrogens is 1. The van der Waals surface area contributed by atoms with Gasteiger partial charge in [-0.2, -0.15) is 0 Å². The van der Waals surface area contributed by atoms with Crippen LogP contribution in [0.1, 0.15) is 128 Å². The Labute approximate surface area is 199 Å². The molecule has 0 bridgehead atoms. The third-order valence-electron chi connectivity index (χ3n) is 6.97. The number of rotatable bonds is 21. The van der Waals surface area contributed by atoms with Crippen LogP contribution in [0.15, 0.2) is 30.3 Å². The maximum atomic E-state index is 10.8. The fourth-order valence-electron chi connectivity index (χ4n) is 4.91. The first-order chi connectivity index (χ1) is 15.5. The summed E-state index contributed by atoms with van der Waals surface area (Å²) in [5, 5.41) is 10.8. The van der Waals surface area contributed by atoms with Crippen LogP contribution in [0.25, 0.3) is 0 Å². The number of benzene rings is 1. The van der Waals surface area contributed by atoms with E-state index in [9.17, 15) is 9.90 Å². The smallest absolute Gasteiger partial charge is 0.114 e. The summed E-state index contributed by atoms with van der Waals surface area (Å²) >= 11 is 0. The van der Waals surface area contributed by atoms with Gasteiger partial charge in [-0.25, -0.2) is 0 Å². The average Bonchev–Trinajstić information content (AvgIpc) is 2.76. The molecule has 0 fully saturated rings. The van der Waals surface area contributed by atoms with E-state index in [4.69, 9.17) is 0 Å². The number of hydrogen-bond donors (Lipinski definition) is 0. The SMILES string of the molecule is CCCCCCCCCCCCCCCCC(c1ccccc1)[N+](C)(C)CCCC(=O)[O-]. The molecule has 0 amide bonds. The minimum atomic E-state index is -0.937. The quantitative estimate of drug-likeness (QED) is 0.148. The van der Waals surface area contributed by atoms with E-state index in [-0.39, 0.29) is 6.42 Å². The largest absolute Gasteiger partial charge is 0.550 e. The van der Waals surface area contributed by atoms with Gasteiger partial charge in [-0.15, -0.1) is 0 Å². The van der Waals surface area contributed by atoms with Crippen LogP contribution in [-0.4, -0.2) is 31.1 Å². The zero-order valence-electron chi connectivity index (χ0n) is 21.5. The van der Waals surface area contributed by atoms with Crippen molar-refractivity contribution in [3.8, 4) is 0 Å². The molecule has 0 radical (unpaired) electrons. The van der Waals surface area contributed by atoms with E-state index in [0.717, 1.165) is 11.0 Å². The summed E-state index contributed by atoms with van der Waals surface area (Å²) in [6.07, 6.45) is 21.4. The first kappa shape index (κ1) is 28.7. The molecule has 32 heavy (non-hydrogen) atoms. The molecule has 0 N–H and O–H groups in total. The highest BCUT2D eigenvalue weighted by molar-refractivity contribution is 5.64. The lowest BCUT2D eigenvalue weighted by Gasteiger charge is -2.39. The molecule has 1 aromatic carbocycles. The second-order valence-corrected chi connectivity index (χ2v) is 10.3. The number of unbranched alkanes of at least 4 members (excludes halogenated alkanes) is 13. The van der Waals surface area contributed by atoms with Crippen molar-refractivity contribution in [2.24, 2.45) is 0 Å². The van der Waals surface area contributed by atoms with Crippen molar-refractivity contribution in [1.29, 1.82) is 0 Å². The number of carbonyl (C=O) groups excluding carboxylic acids is 1. The molecule has 0 aliphatic heterocycles. The first-order valence-corrected chi connectivity index (χ1v) is 13.5. The monoisotopic (exact) mass is 445 g/mol. The first-order valence-electron chi connectivity index (χ1n) is 13.5. The summed E-state index contributed by atoms with van der Waals surface area (Å²) in [7, 11) is 4.49. The highest BCUT2D eigenvalue weighted by Crippen LogP contribution is 2.31. The number of hydrogen-bond acceptors (Lipinski definition) is 2. The van der Waals surface area contributed by atoms with Gasteiger partial charge in [-0.1, -0.05) is 121 Å². The molecule has 1 unspecified atom stereocenters. The maximum absolute atomic E-state index is 10.8. The molecular weight excluding hydrogens is 394 g/mol. The van der Waals surface area contributed by atoms with E-state index in [0.29, 0.717) is 12.5 Å². The summed E-state index contributed by atoms with van der Waals surface area (Å²) in [5.74, 6) is -0.937. The van der Waals surface area contributed by atoms with Gasteiger partial charge in [-0.05, 0) is 12.8 Å². The van der Waals surface area contributed by atoms with Gasteiger partial charge in [0, 0.05) is 24.4 Å². The molecule has 184 valence electrons. The van der Waals surface area contributed by atoms with Gasteiger partial charge in [0.1, 0.15) is 6.04 Å². The van der Waals surface area contributed by atoms with E-state index >= 15 is 0 Å². The van der Waals surface area contributed by atoms with Crippen molar-refractivity contribution in [1.82, 2.24) is 0 Å². The van der Waals surface area contributed by atoms with Crippen molar-refractivity contribution in [2.45, 2.75) is 122 Å². The number of aliphatic carboxylic acids is 1. The van der Waals surface area contributed by atoms with Crippen LogP contribution in [0.3, 0.4) is 0 Å². The number of carboxylic acid groups (broad SMARTS) is 1. The van der Waals surface area contributed by atoms with Gasteiger partial charge < -0.3 is 14.4 Å². The molecule has 0 spiro atoms. The summed E-state index contributed by atoms with van der Waals surface area (Å²) in [4.78, 5) is 10.8. The lowest BCUT2D eigenvalue weighted by atomic mass is 9.96. The average molecular weight is 446 g/mol. The van der Waals surface area contributed by atoms with Gasteiger partial charge in [0.15, 0.2) is 0 Å². The van der Waals surface area contributed by atoms with Crippen molar-refractivity contribution in [3.05, 3.63) is 35.9 Å². The molecule has 0 saturated heterocycles. The predicted octanol–water partition coefficient (Wildman–Crippen LogP) is 7.21. The van der Waals surface area contributed by atoms with Crippen LogP contribution < -0.4 is 5.11 Å². The second-order valence-electron chi connectivity index (χ2n) is 10.3. The third-order valence-corrected chi connectivity index (χ3v) is 6.97. The van der Waals surface area contributed by atoms with E-state index in [1.807, 2.05) is 0 Å². The van der Waals surface area contributed by atoms with Crippen molar-refractivity contribution in [3.63, 3.8) is 0 Å². The fraction of sp³-hybridized carbons (Fsp3) is 0.759. The van der Waals surface area contributed by atoms with Gasteiger partial charge in [0.2, 0.25) is 0 Å². The number of nitrogens with zero attached hydrogens (tertiary/aromatic N) is 1. The molecular formula is C29H51NO2. The highest BCUT2D eigenvalue weighted by atomic mass is 16.4. The molecule has 0 heterocycles. The number of carboxylic acids is 1. The minimum Gasteiger partial charge on any atom is -0.550 e. The maximum Gasteiger partial charge on any atom is 0.114 e. The topological polar surface area (TPSA) is 40.1 Å². The van der Waals surface area contributed by atoms with Crippen molar-refractivity contribution < 1.29 is 14.4 Å². The van der Waals surface area contributed by atoms with Crippen molar-refractivity contribution >= 4 is 5.97 Å². The Morgan fingerprint density at radius 3 is 1.69 bits per heavy atom. The third kappa shape index (κ3) is 13.9. The normalized spacial score (nSPS) is 12.7. The van der Waals surface area contributed by atoms with Crippen LogP contribution in [0, 0.1) is 0 Å². The molecule has 0 aliphatic rings. The minimum absolute atomic E-state index is 0.155. The van der Waals surface area contributed by atoms with Gasteiger partial charge in [0.05, 0.1) is 20.6 Å². The molecule has 1 rings (SSSR count). The predicted molar refractivity (Wildman–Crippen MR) is 135 cm³/mol. The molecule has 3 heteroatoms. The van der Waals surface area contributed by atoms with E-state index in [2.05, 4.69) is 51.4 Å². The van der Waals surface area contributed by atoms with Crippen LogP contribution in [-0.2, 0) is 4.79 Å². The summed E-state index contributed by atoms with van der Waals surface area (Å²) in [6, 6.07) is 11.2. The van der Waals surface area contributed by atoms with Gasteiger partial charge in [0.25, 0.3) is 0 Å². The van der Waals surface area contributed by atoms with Crippen LogP contribution in [0.5, 0.6) is 0 Å². The Hall–Kier alpha value is -1.35. The van der Waals surface area contributed by atoms with E-state index in [1.54, 1.807) is 0 Å². The van der Waals surface area contributed by atoms with Crippen LogP contribution in [0.2, 0.25) is 0 Å². The summed E-state index contributed by atoms with van der Waals surface area (Å²) in [5.41, 5.74) is 1.38. The standard InChI is InChI=1S/C29H51NO2/c1-4-5-6-7-8-9-10-11-12-13-14-15-16-20-24-28(27-22-18-17-19-23-27)30(2,3)26-21-25-29(31)32/h17-19,22-23,28H,4-16,20-21,24-26H2,1-3H3. The van der Waals surface area contributed by atoms with Crippen LogP contribution in [0.4, 0.5) is 0 Å². The Morgan fingerprint density at radius 1 is 0.750 bits per heavy atom. The lowest BCUT2D eigenvalue weighted by molar-refractivity contribution is -0.921. The molecule has 0 aliphatic carbocycles. The molecule has 0 saturated carbocycles. The summed E-state index contributed by atoms with van der Waals surface area (Å²) < 4.78 is 0.843. The number of carbonyl (C=O) groups is 1. The zero-order valence-corrected chi connectivity index (χ0v) is 21.5. The molecule has 1 aromatic rings. The van der Waals surface area contributed by atoms with Crippen molar-refractivity contribution in [2.75, 3.05) is 20.6 Å². The Kier molecular flexibility index (Phi) is 16.2. The van der Waals surface area contributed by atoms with E-state index in [1.165, 1.54) is 102 Å². The molecule has 0 aromatic heterocycles. The Balaban J connectivity index is 2.21. The zero-order chi connectivity index (χ0) is 23.5. The molecule has 3 nitrogen and oxygen atoms in total. The Bertz CT molecular complexity index is 570. The summed E-state index contributed by atoms with van der Waals surface area (Å²) in [6.45, 7) is 3.15. The fourth-order valence-corrected chi connectivity index (χ4v) is 4.91. The lowest BCUT2D eigenvalue weighted by Crippen LogP contribution is -2.44. The molecule has 1 atom stereocenters. The highest BCUT2D eigenvalue weighted by Gasteiger charge is 2.28. The Morgan fingerprint density at radius 2 is 1.22 bits per heavy atom.